The predicted molar refractivity (Wildman–Crippen MR) is 81.7 cm³/mol. The summed E-state index contributed by atoms with van der Waals surface area (Å²) >= 11 is 5.64. The number of rotatable bonds is 5. The molecule has 23 heavy (non-hydrogen) atoms. The maximum Gasteiger partial charge on any atom is 0.258 e. The lowest BCUT2D eigenvalue weighted by molar-refractivity contribution is -0.123. The van der Waals surface area contributed by atoms with Crippen LogP contribution in [0.4, 0.5) is 4.39 Å². The molecule has 6 nitrogen and oxygen atoms in total. The van der Waals surface area contributed by atoms with Crippen molar-refractivity contribution in [2.75, 3.05) is 6.61 Å². The minimum absolute atomic E-state index is 0.0552. The Balaban J connectivity index is 1.54. The zero-order valence-corrected chi connectivity index (χ0v) is 12.6. The maximum absolute atomic E-state index is 13.0. The lowest BCUT2D eigenvalue weighted by atomic mass is 10.3. The van der Waals surface area contributed by atoms with Crippen molar-refractivity contribution in [2.24, 2.45) is 0 Å². The van der Waals surface area contributed by atoms with Crippen LogP contribution >= 0.6 is 11.6 Å². The fraction of sp³-hybridized carbons (Fsp3) is 0.133. The molecule has 0 aliphatic heterocycles. The van der Waals surface area contributed by atoms with Crippen molar-refractivity contribution in [3.63, 3.8) is 0 Å². The van der Waals surface area contributed by atoms with Gasteiger partial charge in [0.2, 0.25) is 0 Å². The van der Waals surface area contributed by atoms with Crippen LogP contribution in [0, 0.1) is 5.82 Å². The van der Waals surface area contributed by atoms with E-state index in [1.165, 1.54) is 18.2 Å². The van der Waals surface area contributed by atoms with E-state index in [-0.39, 0.29) is 24.1 Å². The van der Waals surface area contributed by atoms with Crippen LogP contribution < -0.4 is 10.1 Å². The number of aromatic nitrogens is 3. The van der Waals surface area contributed by atoms with Crippen LogP contribution in [0.25, 0.3) is 5.65 Å². The van der Waals surface area contributed by atoms with Crippen molar-refractivity contribution in [1.29, 1.82) is 0 Å². The summed E-state index contributed by atoms with van der Waals surface area (Å²) in [5.74, 6) is -0.533. The molecule has 1 amide bonds. The van der Waals surface area contributed by atoms with Crippen LogP contribution in [-0.2, 0) is 11.3 Å². The Morgan fingerprint density at radius 3 is 3.13 bits per heavy atom. The van der Waals surface area contributed by atoms with E-state index < -0.39 is 5.82 Å². The van der Waals surface area contributed by atoms with E-state index in [0.717, 1.165) is 5.56 Å². The Morgan fingerprint density at radius 1 is 1.43 bits per heavy atom. The summed E-state index contributed by atoms with van der Waals surface area (Å²) in [5, 5.41) is 6.78. The van der Waals surface area contributed by atoms with Crippen LogP contribution in [0.1, 0.15) is 5.56 Å². The van der Waals surface area contributed by atoms with Crippen molar-refractivity contribution in [1.82, 2.24) is 19.9 Å². The Bertz CT molecular complexity index is 852. The zero-order chi connectivity index (χ0) is 16.2. The molecule has 0 radical (unpaired) electrons. The number of nitrogens with zero attached hydrogens (tertiary/aromatic N) is 3. The second kappa shape index (κ2) is 6.62. The molecule has 0 atom stereocenters. The molecule has 3 rings (SSSR count). The average molecular weight is 335 g/mol. The van der Waals surface area contributed by atoms with Crippen LogP contribution in [0.5, 0.6) is 5.75 Å². The molecular weight excluding hydrogens is 323 g/mol. The Hall–Kier alpha value is -2.67. The van der Waals surface area contributed by atoms with Gasteiger partial charge in [-0.2, -0.15) is 5.10 Å². The van der Waals surface area contributed by atoms with Crippen molar-refractivity contribution in [3.05, 3.63) is 59.3 Å². The normalized spacial score (nSPS) is 10.7. The number of carbonyl (C=O) groups is 1. The second-order valence-electron chi connectivity index (χ2n) is 4.70. The summed E-state index contributed by atoms with van der Waals surface area (Å²) < 4.78 is 19.9. The molecule has 0 aliphatic carbocycles. The van der Waals surface area contributed by atoms with Gasteiger partial charge in [0.1, 0.15) is 11.6 Å². The largest absolute Gasteiger partial charge is 0.484 e. The molecule has 0 saturated carbocycles. The lowest BCUT2D eigenvalue weighted by Gasteiger charge is -2.07. The summed E-state index contributed by atoms with van der Waals surface area (Å²) in [6.45, 7) is 0.0848. The van der Waals surface area contributed by atoms with Gasteiger partial charge in [-0.15, -0.1) is 0 Å². The number of carbonyl (C=O) groups excluding carboxylic acids is 1. The summed E-state index contributed by atoms with van der Waals surface area (Å²) in [7, 11) is 0. The minimum Gasteiger partial charge on any atom is -0.484 e. The van der Waals surface area contributed by atoms with Crippen molar-refractivity contribution in [2.45, 2.75) is 6.54 Å². The van der Waals surface area contributed by atoms with E-state index in [9.17, 15) is 9.18 Å². The summed E-state index contributed by atoms with van der Waals surface area (Å²) in [4.78, 5) is 16.0. The lowest BCUT2D eigenvalue weighted by Crippen LogP contribution is -2.28. The Morgan fingerprint density at radius 2 is 2.30 bits per heavy atom. The first-order valence-electron chi connectivity index (χ1n) is 6.75. The standard InChI is InChI=1S/C15H12ClFN4O2/c16-12-6-11(2-3-13(12)17)23-9-14(22)19-7-10-8-20-21-5-1-4-18-15(10)21/h1-6,8H,7,9H2,(H,19,22). The van der Waals surface area contributed by atoms with E-state index in [1.807, 2.05) is 0 Å². The highest BCUT2D eigenvalue weighted by Gasteiger charge is 2.08. The van der Waals surface area contributed by atoms with Crippen molar-refractivity contribution >= 4 is 23.2 Å². The number of fused-ring (bicyclic) bond motifs is 1. The fourth-order valence-corrected chi connectivity index (χ4v) is 2.13. The molecule has 0 bridgehead atoms. The highest BCUT2D eigenvalue weighted by Crippen LogP contribution is 2.20. The highest BCUT2D eigenvalue weighted by molar-refractivity contribution is 6.30. The smallest absolute Gasteiger partial charge is 0.258 e. The number of benzene rings is 1. The Labute approximate surface area is 135 Å². The maximum atomic E-state index is 13.0. The van der Waals surface area contributed by atoms with Gasteiger partial charge in [-0.3, -0.25) is 4.79 Å². The van der Waals surface area contributed by atoms with Crippen LogP contribution in [0.15, 0.2) is 42.9 Å². The third-order valence-electron chi connectivity index (χ3n) is 3.09. The molecule has 0 saturated heterocycles. The van der Waals surface area contributed by atoms with Crippen molar-refractivity contribution < 1.29 is 13.9 Å². The number of nitrogens with one attached hydrogen (secondary N) is 1. The molecule has 0 fully saturated rings. The third kappa shape index (κ3) is 3.57. The van der Waals surface area contributed by atoms with Gasteiger partial charge in [-0.05, 0) is 18.2 Å². The summed E-state index contributed by atoms with van der Waals surface area (Å²) in [6, 6.07) is 5.67. The number of hydrogen-bond acceptors (Lipinski definition) is 4. The van der Waals surface area contributed by atoms with E-state index in [0.29, 0.717) is 11.4 Å². The van der Waals surface area contributed by atoms with E-state index in [4.69, 9.17) is 16.3 Å². The predicted octanol–water partition coefficient (Wildman–Crippen LogP) is 2.22. The average Bonchev–Trinajstić information content (AvgIpc) is 2.97. The fourth-order valence-electron chi connectivity index (χ4n) is 1.96. The van der Waals surface area contributed by atoms with Crippen LogP contribution in [0.2, 0.25) is 5.02 Å². The first-order chi connectivity index (χ1) is 11.1. The number of halogens is 2. The van der Waals surface area contributed by atoms with Gasteiger partial charge in [-0.25, -0.2) is 13.9 Å². The van der Waals surface area contributed by atoms with Crippen LogP contribution in [0.3, 0.4) is 0 Å². The third-order valence-corrected chi connectivity index (χ3v) is 3.38. The number of amides is 1. The van der Waals surface area contributed by atoms with Crippen LogP contribution in [-0.4, -0.2) is 27.1 Å². The first kappa shape index (κ1) is 15.2. The molecule has 2 aromatic heterocycles. The molecule has 0 aliphatic rings. The van der Waals surface area contributed by atoms with Gasteiger partial charge in [0.25, 0.3) is 5.91 Å². The topological polar surface area (TPSA) is 68.5 Å². The van der Waals surface area contributed by atoms with Crippen molar-refractivity contribution in [3.8, 4) is 5.75 Å². The number of ether oxygens (including phenoxy) is 1. The molecule has 1 aromatic carbocycles. The molecule has 8 heteroatoms. The molecule has 1 N–H and O–H groups in total. The molecule has 2 heterocycles. The summed E-state index contributed by atoms with van der Waals surface area (Å²) in [5.41, 5.74) is 1.47. The van der Waals surface area contributed by atoms with Gasteiger partial charge in [-0.1, -0.05) is 11.6 Å². The number of hydrogen-bond donors (Lipinski definition) is 1. The van der Waals surface area contributed by atoms with Gasteiger partial charge in [0.15, 0.2) is 12.3 Å². The van der Waals surface area contributed by atoms with Gasteiger partial charge in [0.05, 0.1) is 11.2 Å². The van der Waals surface area contributed by atoms with E-state index in [1.54, 1.807) is 29.2 Å². The molecule has 0 unspecified atom stereocenters. The zero-order valence-electron chi connectivity index (χ0n) is 11.9. The van der Waals surface area contributed by atoms with Gasteiger partial charge >= 0.3 is 0 Å². The van der Waals surface area contributed by atoms with Gasteiger partial charge < -0.3 is 10.1 Å². The first-order valence-corrected chi connectivity index (χ1v) is 7.13. The van der Waals surface area contributed by atoms with E-state index >= 15 is 0 Å². The van der Waals surface area contributed by atoms with Gasteiger partial charge in [0, 0.05) is 30.6 Å². The molecule has 3 aromatic rings. The van der Waals surface area contributed by atoms with E-state index in [2.05, 4.69) is 15.4 Å². The minimum atomic E-state index is -0.538. The molecule has 118 valence electrons. The Kier molecular flexibility index (Phi) is 4.38. The molecule has 0 spiro atoms. The summed E-state index contributed by atoms with van der Waals surface area (Å²) in [6.07, 6.45) is 5.07. The monoisotopic (exact) mass is 334 g/mol. The molecular formula is C15H12ClFN4O2. The highest BCUT2D eigenvalue weighted by atomic mass is 35.5. The quantitative estimate of drug-likeness (QED) is 0.777. The second-order valence-corrected chi connectivity index (χ2v) is 5.11. The SMILES string of the molecule is O=C(COc1ccc(F)c(Cl)c1)NCc1cnn2cccnc12.